The molecule has 250 valence electrons. The number of alkyl halides is 6. The maximum absolute atomic E-state index is 12.4. The van der Waals surface area contributed by atoms with E-state index in [1.165, 1.54) is 30.3 Å². The van der Waals surface area contributed by atoms with E-state index in [9.17, 15) is 39.6 Å². The van der Waals surface area contributed by atoms with Gasteiger partial charge in [0.15, 0.2) is 0 Å². The Hall–Kier alpha value is -3.46. The molecule has 1 amide bonds. The molecule has 2 aromatic carbocycles. The van der Waals surface area contributed by atoms with Crippen LogP contribution >= 0.6 is 12.4 Å². The van der Waals surface area contributed by atoms with Gasteiger partial charge in [-0.1, -0.05) is 31.7 Å². The van der Waals surface area contributed by atoms with E-state index in [0.29, 0.717) is 5.56 Å². The van der Waals surface area contributed by atoms with E-state index >= 15 is 0 Å². The van der Waals surface area contributed by atoms with Crippen LogP contribution in [0, 0.1) is 11.3 Å². The number of carbonyl (C=O) groups excluding carboxylic acids is 1. The summed E-state index contributed by atoms with van der Waals surface area (Å²) in [4.78, 5) is 11.9. The molecule has 0 bridgehead atoms. The maximum Gasteiger partial charge on any atom is 0.573 e. The van der Waals surface area contributed by atoms with Crippen LogP contribution in [0.3, 0.4) is 0 Å². The van der Waals surface area contributed by atoms with Crippen LogP contribution in [0.15, 0.2) is 48.5 Å². The predicted molar refractivity (Wildman–Crippen MR) is 150 cm³/mol. The Bertz CT molecular complexity index is 1330. The lowest BCUT2D eigenvalue weighted by Crippen LogP contribution is -2.37. The van der Waals surface area contributed by atoms with Gasteiger partial charge in [-0.25, -0.2) is 4.79 Å². The molecule has 0 aliphatic carbocycles. The first-order valence-electron chi connectivity index (χ1n) is 11.7. The fourth-order valence-electron chi connectivity index (χ4n) is 2.95. The van der Waals surface area contributed by atoms with Crippen LogP contribution in [-0.4, -0.2) is 45.7 Å². The first kappa shape index (κ1) is 42.7. The molecule has 0 heterocycles. The lowest BCUT2D eigenvalue weighted by atomic mass is 10.1. The molecule has 0 saturated carbocycles. The van der Waals surface area contributed by atoms with E-state index in [2.05, 4.69) is 19.0 Å². The van der Waals surface area contributed by atoms with Gasteiger partial charge in [0.2, 0.25) is 0 Å². The Morgan fingerprint density at radius 1 is 0.955 bits per heavy atom. The zero-order chi connectivity index (χ0) is 32.4. The van der Waals surface area contributed by atoms with Gasteiger partial charge >= 0.3 is 18.8 Å². The number of rotatable bonds is 9. The van der Waals surface area contributed by atoms with E-state index in [0.717, 1.165) is 18.4 Å². The highest BCUT2D eigenvalue weighted by Gasteiger charge is 2.32. The van der Waals surface area contributed by atoms with Crippen molar-refractivity contribution >= 4 is 28.6 Å². The molecule has 0 fully saturated rings. The molecule has 2 aromatic rings. The van der Waals surface area contributed by atoms with Gasteiger partial charge in [-0.2, -0.15) is 13.7 Å². The van der Waals surface area contributed by atoms with Gasteiger partial charge < -0.3 is 25.3 Å². The van der Waals surface area contributed by atoms with Crippen molar-refractivity contribution < 1.29 is 57.9 Å². The first-order valence-corrected chi connectivity index (χ1v) is 13.6. The zero-order valence-corrected chi connectivity index (χ0v) is 24.8. The molecule has 0 spiro atoms. The number of alkyl carbamates (subject to hydrolysis) is 1. The molecule has 0 aromatic heterocycles. The normalized spacial score (nSPS) is 12.9. The lowest BCUT2D eigenvalue weighted by molar-refractivity contribution is -0.275. The Morgan fingerprint density at radius 2 is 1.41 bits per heavy atom. The molecule has 18 heteroatoms. The fourth-order valence-corrected chi connectivity index (χ4v) is 3.33. The standard InChI is InChI=1S/C15H20F3NO6S.C10H9F3N2O.CH4.ClH/c1-14(2,3)25-13(20)19-12(9-23-26(4,21)22)10-6-5-7-11(8-10)24-15(16,17)18;11-10(12,13)16-8-3-1-2-7(6-8)9(15)4-5-14;;/h5-8,12H,9H2,1-4H3,(H,19,20);1-3,6,9H,4,15H2;1H4;1H/t12-;9-;;/m00../s1. The molecule has 3 N–H and O–H groups in total. The minimum atomic E-state index is -4.89. The summed E-state index contributed by atoms with van der Waals surface area (Å²) in [6.07, 6.45) is -9.66. The maximum atomic E-state index is 12.4. The number of hydrogen-bond acceptors (Lipinski definition) is 9. The molecule has 0 saturated heterocycles. The van der Waals surface area contributed by atoms with Crippen molar-refractivity contribution in [1.29, 1.82) is 5.26 Å². The van der Waals surface area contributed by atoms with Crippen molar-refractivity contribution in [2.24, 2.45) is 5.73 Å². The third kappa shape index (κ3) is 19.7. The number of carbonyl (C=O) groups is 1. The van der Waals surface area contributed by atoms with Crippen molar-refractivity contribution in [2.45, 2.75) is 65.0 Å². The number of benzene rings is 2. The zero-order valence-electron chi connectivity index (χ0n) is 23.2. The average Bonchev–Trinajstić information content (AvgIpc) is 2.79. The summed E-state index contributed by atoms with van der Waals surface area (Å²) in [6, 6.07) is 10.2. The SMILES string of the molecule is C.CC(C)(C)OC(=O)N[C@@H](COS(C)(=O)=O)c1cccc(OC(F)(F)F)c1.Cl.N#CC[C@H](N)c1cccc(OC(F)(F)F)c1. The van der Waals surface area contributed by atoms with Crippen molar-refractivity contribution in [3.8, 4) is 17.6 Å². The molecule has 44 heavy (non-hydrogen) atoms. The van der Waals surface area contributed by atoms with Gasteiger partial charge in [-0.15, -0.1) is 38.7 Å². The van der Waals surface area contributed by atoms with Crippen LogP contribution in [0.2, 0.25) is 0 Å². The van der Waals surface area contributed by atoms with Crippen LogP contribution in [0.1, 0.15) is 57.8 Å². The second-order valence-corrected chi connectivity index (χ2v) is 11.0. The van der Waals surface area contributed by atoms with Gasteiger partial charge in [0.05, 0.1) is 31.4 Å². The van der Waals surface area contributed by atoms with E-state index in [4.69, 9.17) is 15.7 Å². The molecule has 10 nitrogen and oxygen atoms in total. The van der Waals surface area contributed by atoms with E-state index in [1.807, 2.05) is 6.07 Å². The summed E-state index contributed by atoms with van der Waals surface area (Å²) >= 11 is 0. The van der Waals surface area contributed by atoms with Crippen LogP contribution in [-0.2, 0) is 19.0 Å². The first-order chi connectivity index (χ1) is 19.1. The second kappa shape index (κ2) is 17.7. The number of halogens is 7. The predicted octanol–water partition coefficient (Wildman–Crippen LogP) is 6.68. The average molecular weight is 682 g/mol. The fraction of sp³-hybridized carbons (Fsp3) is 0.462. The topological polar surface area (TPSA) is 150 Å². The molecule has 0 aliphatic heterocycles. The third-order valence-electron chi connectivity index (χ3n) is 4.46. The minimum Gasteiger partial charge on any atom is -0.444 e. The number of nitrogens with zero attached hydrogens (tertiary/aromatic N) is 1. The van der Waals surface area contributed by atoms with E-state index in [1.54, 1.807) is 26.8 Å². The van der Waals surface area contributed by atoms with Crippen molar-refractivity contribution in [2.75, 3.05) is 12.9 Å². The molecule has 2 atom stereocenters. The highest BCUT2D eigenvalue weighted by atomic mass is 35.5. The summed E-state index contributed by atoms with van der Waals surface area (Å²) in [5.41, 5.74) is 5.33. The number of nitrogens with two attached hydrogens (primary N) is 1. The van der Waals surface area contributed by atoms with Crippen molar-refractivity contribution in [3.63, 3.8) is 0 Å². The summed E-state index contributed by atoms with van der Waals surface area (Å²) < 4.78 is 112. The Kier molecular flexibility index (Phi) is 17.2. The summed E-state index contributed by atoms with van der Waals surface area (Å²) in [7, 11) is -3.84. The van der Waals surface area contributed by atoms with E-state index < -0.39 is 59.0 Å². The van der Waals surface area contributed by atoms with Gasteiger partial charge in [-0.3, -0.25) is 4.18 Å². The molecule has 0 unspecified atom stereocenters. The highest BCUT2D eigenvalue weighted by molar-refractivity contribution is 7.85. The quantitative estimate of drug-likeness (QED) is 0.218. The minimum absolute atomic E-state index is 0. The smallest absolute Gasteiger partial charge is 0.444 e. The molecule has 0 radical (unpaired) electrons. The summed E-state index contributed by atoms with van der Waals surface area (Å²) in [6.45, 7) is 4.32. The molecular weight excluding hydrogens is 648 g/mol. The van der Waals surface area contributed by atoms with Gasteiger partial charge in [0.1, 0.15) is 17.1 Å². The summed E-state index contributed by atoms with van der Waals surface area (Å²) in [5.74, 6) is -0.858. The third-order valence-corrected chi connectivity index (χ3v) is 5.03. The summed E-state index contributed by atoms with van der Waals surface area (Å²) in [5, 5.41) is 10.8. The van der Waals surface area contributed by atoms with Crippen LogP contribution < -0.4 is 20.5 Å². The number of nitrogens with one attached hydrogen (secondary N) is 1. The monoisotopic (exact) mass is 681 g/mol. The largest absolute Gasteiger partial charge is 0.573 e. The van der Waals surface area contributed by atoms with E-state index in [-0.39, 0.29) is 37.6 Å². The van der Waals surface area contributed by atoms with Crippen LogP contribution in [0.4, 0.5) is 31.1 Å². The molecule has 0 aliphatic rings. The number of amides is 1. The number of nitriles is 1. The Morgan fingerprint density at radius 3 is 1.82 bits per heavy atom. The van der Waals surface area contributed by atoms with Crippen LogP contribution in [0.25, 0.3) is 0 Å². The molecular formula is C26H34ClF6N3O7S. The van der Waals surface area contributed by atoms with Crippen molar-refractivity contribution in [1.82, 2.24) is 5.32 Å². The Labute approximate surface area is 257 Å². The van der Waals surface area contributed by atoms with Gasteiger partial charge in [0.25, 0.3) is 10.1 Å². The van der Waals surface area contributed by atoms with Crippen molar-refractivity contribution in [3.05, 3.63) is 59.7 Å². The second-order valence-electron chi connectivity index (χ2n) is 9.40. The molecule has 2 rings (SSSR count). The van der Waals surface area contributed by atoms with Gasteiger partial charge in [0, 0.05) is 6.04 Å². The lowest BCUT2D eigenvalue weighted by Gasteiger charge is -2.24. The number of hydrogen-bond donors (Lipinski definition) is 2. The van der Waals surface area contributed by atoms with Gasteiger partial charge in [-0.05, 0) is 56.2 Å². The Balaban J connectivity index is 0. The van der Waals surface area contributed by atoms with Crippen LogP contribution in [0.5, 0.6) is 11.5 Å². The number of ether oxygens (including phenoxy) is 3. The highest BCUT2D eigenvalue weighted by Crippen LogP contribution is 2.27.